The van der Waals surface area contributed by atoms with Gasteiger partial charge in [-0.25, -0.2) is 0 Å². The van der Waals surface area contributed by atoms with Crippen LogP contribution in [0.4, 0.5) is 0 Å². The number of hydrogen-bond acceptors (Lipinski definition) is 1. The molecule has 2 heteroatoms. The molecule has 3 aromatic carbocycles. The van der Waals surface area contributed by atoms with Crippen LogP contribution in [0, 0.1) is 6.92 Å². The molecule has 3 aromatic rings. The monoisotopic (exact) mass is 378 g/mol. The molecule has 3 rings (SSSR count). The molecule has 1 nitrogen and oxygen atoms in total. The summed E-state index contributed by atoms with van der Waals surface area (Å²) < 4.78 is 2.36. The van der Waals surface area contributed by atoms with E-state index in [0.29, 0.717) is 0 Å². The molecule has 0 saturated heterocycles. The van der Waals surface area contributed by atoms with Crippen molar-refractivity contribution in [1.82, 2.24) is 0 Å². The van der Waals surface area contributed by atoms with Crippen molar-refractivity contribution < 1.29 is 4.79 Å². The van der Waals surface area contributed by atoms with Crippen LogP contribution >= 0.6 is 0 Å². The third-order valence-corrected chi connectivity index (χ3v) is 5.90. The van der Waals surface area contributed by atoms with Crippen LogP contribution in [-0.4, -0.2) is 20.7 Å². The van der Waals surface area contributed by atoms with Gasteiger partial charge in [0, 0.05) is 0 Å². The van der Waals surface area contributed by atoms with Crippen molar-refractivity contribution >= 4 is 29.7 Å². The van der Waals surface area contributed by atoms with Crippen LogP contribution in [0.15, 0.2) is 91.0 Å². The first-order chi connectivity index (χ1) is 11.7. The molecule has 0 aliphatic carbocycles. The second-order valence-corrected chi connectivity index (χ2v) is 7.86. The standard InChI is InChI=1S/C22H18OSe/c1-17-12-14-18(15-13-17)21(23)16-22(19-8-4-2-5-9-19)24-20-10-6-3-7-11-20/h2-16H,1H3/b22-16+. The van der Waals surface area contributed by atoms with E-state index in [1.54, 1.807) is 6.08 Å². The van der Waals surface area contributed by atoms with E-state index in [2.05, 4.69) is 24.3 Å². The molecule has 24 heavy (non-hydrogen) atoms. The summed E-state index contributed by atoms with van der Waals surface area (Å²) in [7, 11) is 0. The minimum atomic E-state index is 0.0617. The number of benzene rings is 3. The van der Waals surface area contributed by atoms with Gasteiger partial charge in [0.15, 0.2) is 0 Å². The molecular formula is C22H18OSe. The van der Waals surface area contributed by atoms with E-state index < -0.39 is 0 Å². The maximum absolute atomic E-state index is 12.7. The Bertz CT molecular complexity index is 834. The van der Waals surface area contributed by atoms with Crippen molar-refractivity contribution in [2.75, 3.05) is 0 Å². The Morgan fingerprint density at radius 3 is 1.96 bits per heavy atom. The average Bonchev–Trinajstić information content (AvgIpc) is 2.63. The van der Waals surface area contributed by atoms with Gasteiger partial charge in [-0.2, -0.15) is 0 Å². The van der Waals surface area contributed by atoms with Gasteiger partial charge in [0.05, 0.1) is 0 Å². The number of carbonyl (C=O) groups excluding carboxylic acids is 1. The molecule has 0 N–H and O–H groups in total. The number of aryl methyl sites for hydroxylation is 1. The topological polar surface area (TPSA) is 17.1 Å². The van der Waals surface area contributed by atoms with Gasteiger partial charge in [0.25, 0.3) is 0 Å². The molecular weight excluding hydrogens is 359 g/mol. The van der Waals surface area contributed by atoms with Crippen LogP contribution in [0.3, 0.4) is 0 Å². The molecule has 0 bridgehead atoms. The zero-order valence-corrected chi connectivity index (χ0v) is 15.2. The van der Waals surface area contributed by atoms with Crippen LogP contribution in [0.25, 0.3) is 4.47 Å². The molecule has 0 amide bonds. The van der Waals surface area contributed by atoms with Crippen molar-refractivity contribution in [2.45, 2.75) is 6.92 Å². The van der Waals surface area contributed by atoms with E-state index in [9.17, 15) is 4.79 Å². The second kappa shape index (κ2) is 7.92. The fourth-order valence-electron chi connectivity index (χ4n) is 2.31. The predicted octanol–water partition coefficient (Wildman–Crippen LogP) is 4.25. The zero-order valence-electron chi connectivity index (χ0n) is 13.5. The molecule has 0 atom stereocenters. The number of hydrogen-bond donors (Lipinski definition) is 0. The number of rotatable bonds is 5. The Kier molecular flexibility index (Phi) is 5.43. The van der Waals surface area contributed by atoms with E-state index in [0.717, 1.165) is 21.2 Å². The summed E-state index contributed by atoms with van der Waals surface area (Å²) in [5.41, 5.74) is 3.01. The van der Waals surface area contributed by atoms with Gasteiger partial charge in [-0.05, 0) is 0 Å². The minimum absolute atomic E-state index is 0.0617. The average molecular weight is 377 g/mol. The number of carbonyl (C=O) groups is 1. The SMILES string of the molecule is Cc1ccc(C(=O)/C=C(/[Se]c2ccccc2)c2ccccc2)cc1. The first-order valence-electron chi connectivity index (χ1n) is 7.83. The Hall–Kier alpha value is -2.41. The van der Waals surface area contributed by atoms with Gasteiger partial charge < -0.3 is 0 Å². The summed E-state index contributed by atoms with van der Waals surface area (Å²) in [5.74, 6) is 0.0617. The molecule has 118 valence electrons. The molecule has 0 radical (unpaired) electrons. The fraction of sp³-hybridized carbons (Fsp3) is 0.0455. The maximum atomic E-state index is 12.7. The molecule has 0 saturated carbocycles. The van der Waals surface area contributed by atoms with Gasteiger partial charge in [0.2, 0.25) is 0 Å². The van der Waals surface area contributed by atoms with E-state index in [1.807, 2.05) is 67.6 Å². The Balaban J connectivity index is 1.94. The normalized spacial score (nSPS) is 11.3. The van der Waals surface area contributed by atoms with E-state index in [1.165, 1.54) is 4.46 Å². The first kappa shape index (κ1) is 16.4. The van der Waals surface area contributed by atoms with Gasteiger partial charge >= 0.3 is 149 Å². The third-order valence-electron chi connectivity index (χ3n) is 3.63. The summed E-state index contributed by atoms with van der Waals surface area (Å²) in [6, 6.07) is 28.2. The molecule has 0 heterocycles. The van der Waals surface area contributed by atoms with Crippen LogP contribution < -0.4 is 4.46 Å². The summed E-state index contributed by atoms with van der Waals surface area (Å²) in [6.07, 6.45) is 1.80. The van der Waals surface area contributed by atoms with E-state index in [4.69, 9.17) is 0 Å². The van der Waals surface area contributed by atoms with Crippen molar-refractivity contribution in [3.05, 3.63) is 108 Å². The summed E-state index contributed by atoms with van der Waals surface area (Å²) in [6.45, 7) is 2.03. The second-order valence-electron chi connectivity index (χ2n) is 5.52. The van der Waals surface area contributed by atoms with Crippen molar-refractivity contribution in [1.29, 1.82) is 0 Å². The van der Waals surface area contributed by atoms with Gasteiger partial charge in [-0.15, -0.1) is 0 Å². The van der Waals surface area contributed by atoms with E-state index in [-0.39, 0.29) is 20.7 Å². The van der Waals surface area contributed by atoms with Crippen molar-refractivity contribution in [3.8, 4) is 0 Å². The Labute approximate surface area is 149 Å². The molecule has 0 fully saturated rings. The number of allylic oxidation sites excluding steroid dienone is 1. The first-order valence-corrected chi connectivity index (χ1v) is 9.55. The quantitative estimate of drug-likeness (QED) is 0.369. The van der Waals surface area contributed by atoms with Crippen LogP contribution in [-0.2, 0) is 0 Å². The van der Waals surface area contributed by atoms with Gasteiger partial charge in [-0.3, -0.25) is 0 Å². The Morgan fingerprint density at radius 1 is 0.750 bits per heavy atom. The molecule has 0 aliphatic heterocycles. The number of ketones is 1. The van der Waals surface area contributed by atoms with E-state index >= 15 is 0 Å². The molecule has 0 aromatic heterocycles. The summed E-state index contributed by atoms with van der Waals surface area (Å²) >= 11 is 0.0863. The third kappa shape index (κ3) is 4.32. The Morgan fingerprint density at radius 2 is 1.33 bits per heavy atom. The molecule has 0 spiro atoms. The van der Waals surface area contributed by atoms with Gasteiger partial charge in [-0.1, -0.05) is 0 Å². The fourth-order valence-corrected chi connectivity index (χ4v) is 4.34. The summed E-state index contributed by atoms with van der Waals surface area (Å²) in [5, 5.41) is 0. The van der Waals surface area contributed by atoms with Crippen molar-refractivity contribution in [3.63, 3.8) is 0 Å². The van der Waals surface area contributed by atoms with Crippen LogP contribution in [0.2, 0.25) is 0 Å². The van der Waals surface area contributed by atoms with Gasteiger partial charge in [0.1, 0.15) is 0 Å². The molecule has 0 aliphatic rings. The van der Waals surface area contributed by atoms with Crippen molar-refractivity contribution in [2.24, 2.45) is 0 Å². The molecule has 0 unspecified atom stereocenters. The summed E-state index contributed by atoms with van der Waals surface area (Å²) in [4.78, 5) is 12.7. The zero-order chi connectivity index (χ0) is 16.8. The predicted molar refractivity (Wildman–Crippen MR) is 102 cm³/mol. The van der Waals surface area contributed by atoms with Crippen LogP contribution in [0.1, 0.15) is 21.5 Å². The van der Waals surface area contributed by atoms with Crippen LogP contribution in [0.5, 0.6) is 0 Å².